The first-order valence-electron chi connectivity index (χ1n) is 7.55. The SMILES string of the molecule is Cc1cc(CNC(C)(C)C)nc(CCc2ccccc2)n1. The van der Waals surface area contributed by atoms with Gasteiger partial charge < -0.3 is 5.32 Å². The van der Waals surface area contributed by atoms with Crippen molar-refractivity contribution in [3.05, 3.63) is 59.2 Å². The van der Waals surface area contributed by atoms with Gasteiger partial charge in [-0.3, -0.25) is 0 Å². The Morgan fingerprint density at radius 3 is 2.38 bits per heavy atom. The largest absolute Gasteiger partial charge is 0.306 e. The zero-order valence-electron chi connectivity index (χ0n) is 13.5. The van der Waals surface area contributed by atoms with Crippen LogP contribution in [-0.4, -0.2) is 15.5 Å². The van der Waals surface area contributed by atoms with E-state index in [0.29, 0.717) is 0 Å². The summed E-state index contributed by atoms with van der Waals surface area (Å²) in [7, 11) is 0. The highest BCUT2D eigenvalue weighted by atomic mass is 15.0. The van der Waals surface area contributed by atoms with Crippen molar-refractivity contribution in [3.63, 3.8) is 0 Å². The van der Waals surface area contributed by atoms with Gasteiger partial charge in [-0.05, 0) is 45.7 Å². The summed E-state index contributed by atoms with van der Waals surface area (Å²) in [4.78, 5) is 9.23. The van der Waals surface area contributed by atoms with Gasteiger partial charge in [-0.25, -0.2) is 9.97 Å². The lowest BCUT2D eigenvalue weighted by atomic mass is 10.1. The molecule has 0 amide bonds. The molecule has 0 atom stereocenters. The van der Waals surface area contributed by atoms with E-state index in [9.17, 15) is 0 Å². The number of benzene rings is 1. The van der Waals surface area contributed by atoms with Crippen LogP contribution in [0, 0.1) is 6.92 Å². The van der Waals surface area contributed by atoms with E-state index < -0.39 is 0 Å². The number of hydrogen-bond acceptors (Lipinski definition) is 3. The molecule has 0 fully saturated rings. The Balaban J connectivity index is 2.01. The second-order valence-corrected chi connectivity index (χ2v) is 6.51. The van der Waals surface area contributed by atoms with Crippen LogP contribution < -0.4 is 5.32 Å². The third-order valence-electron chi connectivity index (χ3n) is 3.23. The zero-order valence-corrected chi connectivity index (χ0v) is 13.5. The van der Waals surface area contributed by atoms with Gasteiger partial charge in [0.2, 0.25) is 0 Å². The first kappa shape index (κ1) is 15.6. The van der Waals surface area contributed by atoms with Crippen molar-refractivity contribution >= 4 is 0 Å². The minimum absolute atomic E-state index is 0.100. The van der Waals surface area contributed by atoms with Gasteiger partial charge in [0, 0.05) is 24.2 Å². The van der Waals surface area contributed by atoms with Gasteiger partial charge in [-0.15, -0.1) is 0 Å². The van der Waals surface area contributed by atoms with Crippen LogP contribution >= 0.6 is 0 Å². The molecular weight excluding hydrogens is 258 g/mol. The number of aromatic nitrogens is 2. The van der Waals surface area contributed by atoms with Crippen LogP contribution in [0.5, 0.6) is 0 Å². The number of hydrogen-bond donors (Lipinski definition) is 1. The number of aryl methyl sites for hydroxylation is 3. The van der Waals surface area contributed by atoms with E-state index in [1.165, 1.54) is 5.56 Å². The van der Waals surface area contributed by atoms with E-state index >= 15 is 0 Å². The smallest absolute Gasteiger partial charge is 0.129 e. The third-order valence-corrected chi connectivity index (χ3v) is 3.23. The number of rotatable bonds is 5. The lowest BCUT2D eigenvalue weighted by Crippen LogP contribution is -2.35. The summed E-state index contributed by atoms with van der Waals surface area (Å²) in [6.07, 6.45) is 1.87. The first-order chi connectivity index (χ1) is 9.92. The molecule has 0 spiro atoms. The fourth-order valence-corrected chi connectivity index (χ4v) is 2.16. The highest BCUT2D eigenvalue weighted by Gasteiger charge is 2.10. The van der Waals surface area contributed by atoms with E-state index in [4.69, 9.17) is 0 Å². The predicted octanol–water partition coefficient (Wildman–Crippen LogP) is 3.46. The first-order valence-corrected chi connectivity index (χ1v) is 7.55. The molecule has 1 aromatic carbocycles. The van der Waals surface area contributed by atoms with Crippen LogP contribution in [-0.2, 0) is 19.4 Å². The summed E-state index contributed by atoms with van der Waals surface area (Å²) in [5.41, 5.74) is 3.54. The lowest BCUT2D eigenvalue weighted by Gasteiger charge is -2.20. The molecule has 0 bridgehead atoms. The van der Waals surface area contributed by atoms with Gasteiger partial charge >= 0.3 is 0 Å². The van der Waals surface area contributed by atoms with Gasteiger partial charge in [0.1, 0.15) is 5.82 Å². The molecule has 112 valence electrons. The lowest BCUT2D eigenvalue weighted by molar-refractivity contribution is 0.420. The Bertz CT molecular complexity index is 571. The second-order valence-electron chi connectivity index (χ2n) is 6.51. The van der Waals surface area contributed by atoms with Crippen molar-refractivity contribution in [2.24, 2.45) is 0 Å². The standard InChI is InChI=1S/C18H25N3/c1-14-12-16(13-19-18(2,3)4)21-17(20-14)11-10-15-8-6-5-7-9-15/h5-9,12,19H,10-11,13H2,1-4H3. The Kier molecular flexibility index (Phi) is 5.07. The molecule has 0 unspecified atom stereocenters. The van der Waals surface area contributed by atoms with Crippen LogP contribution in [0.2, 0.25) is 0 Å². The molecule has 1 heterocycles. The van der Waals surface area contributed by atoms with Crippen LogP contribution in [0.15, 0.2) is 36.4 Å². The topological polar surface area (TPSA) is 37.8 Å². The second kappa shape index (κ2) is 6.81. The highest BCUT2D eigenvalue weighted by Crippen LogP contribution is 2.08. The molecule has 21 heavy (non-hydrogen) atoms. The zero-order chi connectivity index (χ0) is 15.3. The predicted molar refractivity (Wildman–Crippen MR) is 87.2 cm³/mol. The molecule has 0 aliphatic heterocycles. The van der Waals surface area contributed by atoms with E-state index in [1.54, 1.807) is 0 Å². The van der Waals surface area contributed by atoms with Crippen molar-refractivity contribution in [2.45, 2.75) is 52.6 Å². The average Bonchev–Trinajstić information content (AvgIpc) is 2.43. The van der Waals surface area contributed by atoms with Crippen LogP contribution in [0.4, 0.5) is 0 Å². The minimum Gasteiger partial charge on any atom is -0.306 e. The summed E-state index contributed by atoms with van der Waals surface area (Å²) in [5.74, 6) is 0.935. The van der Waals surface area contributed by atoms with Crippen LogP contribution in [0.25, 0.3) is 0 Å². The maximum Gasteiger partial charge on any atom is 0.129 e. The van der Waals surface area contributed by atoms with Gasteiger partial charge in [0.25, 0.3) is 0 Å². The van der Waals surface area contributed by atoms with Crippen molar-refractivity contribution < 1.29 is 0 Å². The van der Waals surface area contributed by atoms with Crippen LogP contribution in [0.1, 0.15) is 43.5 Å². The maximum atomic E-state index is 4.68. The minimum atomic E-state index is 0.100. The molecule has 0 saturated carbocycles. The fraction of sp³-hybridized carbons (Fsp3) is 0.444. The molecule has 0 aliphatic carbocycles. The van der Waals surface area contributed by atoms with E-state index in [0.717, 1.165) is 36.6 Å². The molecule has 3 nitrogen and oxygen atoms in total. The quantitative estimate of drug-likeness (QED) is 0.913. The Morgan fingerprint density at radius 1 is 1.00 bits per heavy atom. The summed E-state index contributed by atoms with van der Waals surface area (Å²) in [5, 5.41) is 3.48. The van der Waals surface area contributed by atoms with Gasteiger partial charge in [-0.1, -0.05) is 30.3 Å². The van der Waals surface area contributed by atoms with Crippen molar-refractivity contribution in [3.8, 4) is 0 Å². The summed E-state index contributed by atoms with van der Waals surface area (Å²) in [6.45, 7) is 9.31. The average molecular weight is 283 g/mol. The Hall–Kier alpha value is -1.74. The van der Waals surface area contributed by atoms with Crippen molar-refractivity contribution in [1.29, 1.82) is 0 Å². The van der Waals surface area contributed by atoms with E-state index in [-0.39, 0.29) is 5.54 Å². The molecular formula is C18H25N3. The van der Waals surface area contributed by atoms with Crippen molar-refractivity contribution in [1.82, 2.24) is 15.3 Å². The summed E-state index contributed by atoms with van der Waals surface area (Å²) < 4.78 is 0. The number of nitrogens with one attached hydrogen (secondary N) is 1. The third kappa shape index (κ3) is 5.64. The van der Waals surface area contributed by atoms with Gasteiger partial charge in [0.05, 0.1) is 5.69 Å². The fourth-order valence-electron chi connectivity index (χ4n) is 2.16. The molecule has 2 aromatic rings. The molecule has 1 N–H and O–H groups in total. The molecule has 1 aromatic heterocycles. The maximum absolute atomic E-state index is 4.68. The molecule has 2 rings (SSSR count). The normalized spacial score (nSPS) is 11.6. The van der Waals surface area contributed by atoms with Gasteiger partial charge in [0.15, 0.2) is 0 Å². The Morgan fingerprint density at radius 2 is 1.71 bits per heavy atom. The highest BCUT2D eigenvalue weighted by molar-refractivity contribution is 5.16. The molecule has 3 heteroatoms. The van der Waals surface area contributed by atoms with Gasteiger partial charge in [-0.2, -0.15) is 0 Å². The van der Waals surface area contributed by atoms with Crippen LogP contribution in [0.3, 0.4) is 0 Å². The van der Waals surface area contributed by atoms with E-state index in [2.05, 4.69) is 66.4 Å². The van der Waals surface area contributed by atoms with E-state index in [1.807, 2.05) is 13.0 Å². The summed E-state index contributed by atoms with van der Waals surface area (Å²) in [6, 6.07) is 12.6. The Labute approximate surface area is 127 Å². The number of nitrogens with zero attached hydrogens (tertiary/aromatic N) is 2. The molecule has 0 saturated heterocycles. The molecule has 0 aliphatic rings. The molecule has 0 radical (unpaired) electrons. The van der Waals surface area contributed by atoms with Crippen molar-refractivity contribution in [2.75, 3.05) is 0 Å². The summed E-state index contributed by atoms with van der Waals surface area (Å²) >= 11 is 0. The monoisotopic (exact) mass is 283 g/mol.